The molecule has 0 aliphatic rings. The lowest BCUT2D eigenvalue weighted by molar-refractivity contribution is 0.215. The maximum absolute atomic E-state index is 12.1. The molecule has 0 bridgehead atoms. The van der Waals surface area contributed by atoms with E-state index in [0.717, 1.165) is 28.2 Å². The number of nitrogens with one attached hydrogen (secondary N) is 1. The van der Waals surface area contributed by atoms with E-state index >= 15 is 0 Å². The van der Waals surface area contributed by atoms with Crippen molar-refractivity contribution in [1.29, 1.82) is 0 Å². The third kappa shape index (κ3) is 4.36. The molecule has 1 amide bonds. The van der Waals surface area contributed by atoms with E-state index < -0.39 is 6.09 Å². The highest BCUT2D eigenvalue weighted by molar-refractivity contribution is 5.87. The highest BCUT2D eigenvalue weighted by Crippen LogP contribution is 2.33. The summed E-state index contributed by atoms with van der Waals surface area (Å²) in [5.41, 5.74) is 3.25. The Bertz CT molecular complexity index is 939. The van der Waals surface area contributed by atoms with Crippen LogP contribution < -0.4 is 19.5 Å². The molecule has 0 spiro atoms. The number of aromatic nitrogens is 1. The SMILES string of the molecule is COc1ccc(OC)c(-c2ccc(NC(=O)Oc3ccncc3C)cc2)c1. The van der Waals surface area contributed by atoms with Crippen molar-refractivity contribution in [2.45, 2.75) is 6.92 Å². The number of benzene rings is 2. The van der Waals surface area contributed by atoms with Gasteiger partial charge in [-0.15, -0.1) is 0 Å². The standard InChI is InChI=1S/C21H20N2O4/c1-14-13-22-11-10-19(14)27-21(24)23-16-6-4-15(5-7-16)18-12-17(25-2)8-9-20(18)26-3/h4-13H,1-3H3,(H,23,24). The zero-order valence-corrected chi connectivity index (χ0v) is 15.4. The Hall–Kier alpha value is -3.54. The number of carbonyl (C=O) groups is 1. The van der Waals surface area contributed by atoms with Crippen LogP contribution in [0.25, 0.3) is 11.1 Å². The number of aryl methyl sites for hydroxylation is 1. The van der Waals surface area contributed by atoms with Gasteiger partial charge in [0, 0.05) is 29.2 Å². The molecule has 1 aromatic heterocycles. The molecule has 3 rings (SSSR count). The molecule has 6 nitrogen and oxygen atoms in total. The van der Waals surface area contributed by atoms with Crippen LogP contribution in [-0.4, -0.2) is 25.3 Å². The van der Waals surface area contributed by atoms with Gasteiger partial charge in [0.25, 0.3) is 0 Å². The number of pyridine rings is 1. The van der Waals surface area contributed by atoms with Crippen LogP contribution in [0.15, 0.2) is 60.9 Å². The van der Waals surface area contributed by atoms with Gasteiger partial charge in [-0.2, -0.15) is 0 Å². The number of methoxy groups -OCH3 is 2. The van der Waals surface area contributed by atoms with Gasteiger partial charge in [-0.3, -0.25) is 10.3 Å². The van der Waals surface area contributed by atoms with Crippen LogP contribution in [0.2, 0.25) is 0 Å². The molecule has 0 aliphatic heterocycles. The molecule has 3 aromatic rings. The quantitative estimate of drug-likeness (QED) is 0.711. The number of nitrogens with zero attached hydrogens (tertiary/aromatic N) is 1. The van der Waals surface area contributed by atoms with Crippen LogP contribution in [0, 0.1) is 6.92 Å². The van der Waals surface area contributed by atoms with Crippen LogP contribution in [0.4, 0.5) is 10.5 Å². The van der Waals surface area contributed by atoms with E-state index in [1.807, 2.05) is 37.3 Å². The molecule has 1 heterocycles. The molecule has 6 heteroatoms. The predicted molar refractivity (Wildman–Crippen MR) is 104 cm³/mol. The van der Waals surface area contributed by atoms with Gasteiger partial charge in [0.15, 0.2) is 0 Å². The third-order valence-electron chi connectivity index (χ3n) is 4.02. The average molecular weight is 364 g/mol. The molecule has 1 N–H and O–H groups in total. The van der Waals surface area contributed by atoms with Crippen molar-refractivity contribution in [3.63, 3.8) is 0 Å². The van der Waals surface area contributed by atoms with Crippen molar-refractivity contribution >= 4 is 11.8 Å². The predicted octanol–water partition coefficient (Wildman–Crippen LogP) is 4.69. The fraction of sp³-hybridized carbons (Fsp3) is 0.143. The summed E-state index contributed by atoms with van der Waals surface area (Å²) in [6.45, 7) is 1.83. The minimum Gasteiger partial charge on any atom is -0.497 e. The van der Waals surface area contributed by atoms with Gasteiger partial charge in [-0.1, -0.05) is 12.1 Å². The van der Waals surface area contributed by atoms with E-state index in [9.17, 15) is 4.79 Å². The van der Waals surface area contributed by atoms with Crippen LogP contribution in [0.5, 0.6) is 17.2 Å². The van der Waals surface area contributed by atoms with Crippen LogP contribution >= 0.6 is 0 Å². The first-order valence-electron chi connectivity index (χ1n) is 8.32. The highest BCUT2D eigenvalue weighted by atomic mass is 16.6. The number of carbonyl (C=O) groups excluding carboxylic acids is 1. The smallest absolute Gasteiger partial charge is 0.417 e. The number of hydrogen-bond acceptors (Lipinski definition) is 5. The van der Waals surface area contributed by atoms with E-state index in [1.165, 1.54) is 0 Å². The molecule has 138 valence electrons. The van der Waals surface area contributed by atoms with Crippen LogP contribution in [0.3, 0.4) is 0 Å². The largest absolute Gasteiger partial charge is 0.497 e. The molecular formula is C21H20N2O4. The van der Waals surface area contributed by atoms with Crippen molar-refractivity contribution in [1.82, 2.24) is 4.98 Å². The molecule has 0 saturated carbocycles. The summed E-state index contributed by atoms with van der Waals surface area (Å²) >= 11 is 0. The molecule has 0 fully saturated rings. The van der Waals surface area contributed by atoms with Crippen LogP contribution in [0.1, 0.15) is 5.56 Å². The Morgan fingerprint density at radius 2 is 1.74 bits per heavy atom. The molecule has 27 heavy (non-hydrogen) atoms. The number of anilines is 1. The number of ether oxygens (including phenoxy) is 3. The van der Waals surface area contributed by atoms with Gasteiger partial charge in [0.05, 0.1) is 14.2 Å². The van der Waals surface area contributed by atoms with Gasteiger partial charge in [0.1, 0.15) is 17.2 Å². The zero-order chi connectivity index (χ0) is 19.2. The lowest BCUT2D eigenvalue weighted by Gasteiger charge is -2.12. The fourth-order valence-electron chi connectivity index (χ4n) is 2.59. The van der Waals surface area contributed by atoms with Gasteiger partial charge in [0.2, 0.25) is 0 Å². The minimum atomic E-state index is -0.559. The first kappa shape index (κ1) is 18.3. The number of amides is 1. The summed E-state index contributed by atoms with van der Waals surface area (Å²) in [5, 5.41) is 2.71. The lowest BCUT2D eigenvalue weighted by atomic mass is 10.0. The van der Waals surface area contributed by atoms with Gasteiger partial charge >= 0.3 is 6.09 Å². The Kier molecular flexibility index (Phi) is 5.56. The Morgan fingerprint density at radius 3 is 2.41 bits per heavy atom. The third-order valence-corrected chi connectivity index (χ3v) is 4.02. The first-order valence-corrected chi connectivity index (χ1v) is 8.32. The molecule has 0 unspecified atom stereocenters. The minimum absolute atomic E-state index is 0.472. The summed E-state index contributed by atoms with van der Waals surface area (Å²) < 4.78 is 16.0. The summed E-state index contributed by atoms with van der Waals surface area (Å²) in [4.78, 5) is 16.1. The normalized spacial score (nSPS) is 10.2. The molecule has 0 aliphatic carbocycles. The molecule has 2 aromatic carbocycles. The van der Waals surface area contributed by atoms with Gasteiger partial charge in [-0.05, 0) is 48.9 Å². The Morgan fingerprint density at radius 1 is 0.963 bits per heavy atom. The molecular weight excluding hydrogens is 344 g/mol. The van der Waals surface area contributed by atoms with E-state index in [-0.39, 0.29) is 0 Å². The van der Waals surface area contributed by atoms with Crippen molar-refractivity contribution < 1.29 is 19.0 Å². The molecule has 0 saturated heterocycles. The van der Waals surface area contributed by atoms with E-state index in [2.05, 4.69) is 10.3 Å². The topological polar surface area (TPSA) is 69.7 Å². The maximum Gasteiger partial charge on any atom is 0.417 e. The summed E-state index contributed by atoms with van der Waals surface area (Å²) in [6.07, 6.45) is 2.65. The number of rotatable bonds is 5. The monoisotopic (exact) mass is 364 g/mol. The number of hydrogen-bond donors (Lipinski definition) is 1. The van der Waals surface area contributed by atoms with Crippen molar-refractivity contribution in [2.24, 2.45) is 0 Å². The van der Waals surface area contributed by atoms with Gasteiger partial charge in [-0.25, -0.2) is 4.79 Å². The molecule has 0 atom stereocenters. The summed E-state index contributed by atoms with van der Waals surface area (Å²) in [6, 6.07) is 14.6. The second kappa shape index (κ2) is 8.23. The van der Waals surface area contributed by atoms with E-state index in [0.29, 0.717) is 11.4 Å². The Balaban J connectivity index is 1.74. The maximum atomic E-state index is 12.1. The highest BCUT2D eigenvalue weighted by Gasteiger charge is 2.10. The van der Waals surface area contributed by atoms with Gasteiger partial charge < -0.3 is 14.2 Å². The molecule has 0 radical (unpaired) electrons. The van der Waals surface area contributed by atoms with Crippen molar-refractivity contribution in [3.8, 4) is 28.4 Å². The average Bonchev–Trinajstić information content (AvgIpc) is 2.70. The lowest BCUT2D eigenvalue weighted by Crippen LogP contribution is -2.17. The Labute approximate surface area is 157 Å². The second-order valence-electron chi connectivity index (χ2n) is 5.80. The summed E-state index contributed by atoms with van der Waals surface area (Å²) in [5.74, 6) is 1.95. The van der Waals surface area contributed by atoms with Crippen LogP contribution in [-0.2, 0) is 0 Å². The van der Waals surface area contributed by atoms with Crippen molar-refractivity contribution in [2.75, 3.05) is 19.5 Å². The van der Waals surface area contributed by atoms with Crippen molar-refractivity contribution in [3.05, 3.63) is 66.5 Å². The zero-order valence-electron chi connectivity index (χ0n) is 15.4. The van der Waals surface area contributed by atoms with E-state index in [1.54, 1.807) is 44.8 Å². The fourth-order valence-corrected chi connectivity index (χ4v) is 2.59. The van der Waals surface area contributed by atoms with E-state index in [4.69, 9.17) is 14.2 Å². The second-order valence-corrected chi connectivity index (χ2v) is 5.80. The first-order chi connectivity index (χ1) is 13.1. The summed E-state index contributed by atoms with van der Waals surface area (Å²) in [7, 11) is 3.24.